The number of sulfonamides is 1. The molecule has 0 N–H and O–H groups in total. The van der Waals surface area contributed by atoms with Crippen molar-refractivity contribution in [2.75, 3.05) is 16.6 Å². The molecular formula is C10H9BrF3NO3S. The Morgan fingerprint density at radius 2 is 2.00 bits per heavy atom. The standard InChI is InChI=1S/C10H9BrF3NO3S/c11-7-2-3-8(9(6-7)18-10(12,13)14)15-4-1-5-19(15,16)17/h2-3,6H,1,4-5H2. The number of anilines is 1. The molecule has 0 saturated carbocycles. The van der Waals surface area contributed by atoms with Crippen molar-refractivity contribution in [1.29, 1.82) is 0 Å². The van der Waals surface area contributed by atoms with E-state index in [1.165, 1.54) is 12.1 Å². The molecule has 1 aromatic carbocycles. The van der Waals surface area contributed by atoms with Crippen molar-refractivity contribution < 1.29 is 26.3 Å². The van der Waals surface area contributed by atoms with Crippen molar-refractivity contribution in [2.24, 2.45) is 0 Å². The topological polar surface area (TPSA) is 46.6 Å². The number of nitrogens with zero attached hydrogens (tertiary/aromatic N) is 1. The first-order valence-corrected chi connectivity index (χ1v) is 7.65. The van der Waals surface area contributed by atoms with Gasteiger partial charge in [0.15, 0.2) is 5.75 Å². The molecule has 0 spiro atoms. The maximum atomic E-state index is 12.3. The number of hydrogen-bond donors (Lipinski definition) is 0. The molecule has 0 aromatic heterocycles. The Balaban J connectivity index is 2.45. The second-order valence-corrected chi connectivity index (χ2v) is 6.83. The highest BCUT2D eigenvalue weighted by Crippen LogP contribution is 2.38. The third-order valence-corrected chi connectivity index (χ3v) is 4.86. The van der Waals surface area contributed by atoms with E-state index in [0.29, 0.717) is 10.9 Å². The van der Waals surface area contributed by atoms with Gasteiger partial charge in [-0.25, -0.2) is 8.42 Å². The predicted molar refractivity (Wildman–Crippen MR) is 66.6 cm³/mol. The molecule has 1 fully saturated rings. The zero-order chi connectivity index (χ0) is 14.3. The van der Waals surface area contributed by atoms with Crippen LogP contribution in [0.15, 0.2) is 22.7 Å². The van der Waals surface area contributed by atoms with E-state index in [4.69, 9.17) is 0 Å². The molecule has 4 nitrogen and oxygen atoms in total. The Labute approximate surface area is 116 Å². The molecule has 0 atom stereocenters. The minimum Gasteiger partial charge on any atom is -0.403 e. The maximum Gasteiger partial charge on any atom is 0.573 e. The van der Waals surface area contributed by atoms with Crippen LogP contribution >= 0.6 is 15.9 Å². The Bertz CT molecular complexity index is 588. The lowest BCUT2D eigenvalue weighted by atomic mass is 10.3. The van der Waals surface area contributed by atoms with E-state index in [9.17, 15) is 21.6 Å². The van der Waals surface area contributed by atoms with Crippen molar-refractivity contribution in [3.8, 4) is 5.75 Å². The number of alkyl halides is 3. The fourth-order valence-corrected chi connectivity index (χ4v) is 3.72. The van der Waals surface area contributed by atoms with E-state index < -0.39 is 22.1 Å². The monoisotopic (exact) mass is 359 g/mol. The molecule has 1 aliphatic rings. The highest BCUT2D eigenvalue weighted by Gasteiger charge is 2.36. The molecule has 1 aliphatic heterocycles. The van der Waals surface area contributed by atoms with Crippen LogP contribution in [0.2, 0.25) is 0 Å². The first-order valence-electron chi connectivity index (χ1n) is 5.25. The first-order chi connectivity index (χ1) is 8.69. The normalized spacial score (nSPS) is 18.6. The molecule has 1 heterocycles. The smallest absolute Gasteiger partial charge is 0.403 e. The van der Waals surface area contributed by atoms with Gasteiger partial charge >= 0.3 is 6.36 Å². The van der Waals surface area contributed by atoms with Crippen LogP contribution in [0.3, 0.4) is 0 Å². The number of hydrogen-bond acceptors (Lipinski definition) is 3. The van der Waals surface area contributed by atoms with Gasteiger partial charge in [-0.15, -0.1) is 13.2 Å². The predicted octanol–water partition coefficient (Wildman–Crippen LogP) is 2.89. The molecule has 1 saturated heterocycles. The second kappa shape index (κ2) is 4.86. The van der Waals surface area contributed by atoms with Crippen molar-refractivity contribution in [3.63, 3.8) is 0 Å². The third-order valence-electron chi connectivity index (χ3n) is 2.52. The van der Waals surface area contributed by atoms with Gasteiger partial charge in [-0.05, 0) is 24.6 Å². The largest absolute Gasteiger partial charge is 0.573 e. The highest BCUT2D eigenvalue weighted by molar-refractivity contribution is 9.10. The molecule has 1 aromatic rings. The van der Waals surface area contributed by atoms with Crippen molar-refractivity contribution in [3.05, 3.63) is 22.7 Å². The maximum absolute atomic E-state index is 12.3. The van der Waals surface area contributed by atoms with Gasteiger partial charge in [-0.2, -0.15) is 0 Å². The van der Waals surface area contributed by atoms with E-state index >= 15 is 0 Å². The summed E-state index contributed by atoms with van der Waals surface area (Å²) in [6.07, 6.45) is -4.50. The minimum atomic E-state index is -4.88. The van der Waals surface area contributed by atoms with E-state index in [1.807, 2.05) is 0 Å². The number of halogens is 4. The Morgan fingerprint density at radius 1 is 1.32 bits per heavy atom. The van der Waals surface area contributed by atoms with Gasteiger partial charge in [0.2, 0.25) is 10.0 Å². The van der Waals surface area contributed by atoms with Gasteiger partial charge in [0.25, 0.3) is 0 Å². The summed E-state index contributed by atoms with van der Waals surface area (Å²) in [6.45, 7) is 0.151. The van der Waals surface area contributed by atoms with Gasteiger partial charge in [-0.3, -0.25) is 4.31 Å². The summed E-state index contributed by atoms with van der Waals surface area (Å²) in [5.74, 6) is -0.610. The second-order valence-electron chi connectivity index (χ2n) is 3.90. The molecule has 0 bridgehead atoms. The van der Waals surface area contributed by atoms with Crippen LogP contribution in [0.1, 0.15) is 6.42 Å². The summed E-state index contributed by atoms with van der Waals surface area (Å²) < 4.78 is 65.7. The van der Waals surface area contributed by atoms with Crippen molar-refractivity contribution in [2.45, 2.75) is 12.8 Å². The highest BCUT2D eigenvalue weighted by atomic mass is 79.9. The molecule has 0 amide bonds. The average molecular weight is 360 g/mol. The Hall–Kier alpha value is -0.960. The molecule has 0 radical (unpaired) electrons. The lowest BCUT2D eigenvalue weighted by Gasteiger charge is -2.21. The van der Waals surface area contributed by atoms with E-state index in [0.717, 1.165) is 10.4 Å². The fourth-order valence-electron chi connectivity index (χ4n) is 1.81. The quantitative estimate of drug-likeness (QED) is 0.815. The van der Waals surface area contributed by atoms with Crippen LogP contribution in [0.25, 0.3) is 0 Å². The fraction of sp³-hybridized carbons (Fsp3) is 0.400. The third kappa shape index (κ3) is 3.33. The van der Waals surface area contributed by atoms with Crippen LogP contribution in [0.5, 0.6) is 5.75 Å². The van der Waals surface area contributed by atoms with Gasteiger partial charge in [0, 0.05) is 11.0 Å². The minimum absolute atomic E-state index is 0.0749. The van der Waals surface area contributed by atoms with E-state index in [2.05, 4.69) is 20.7 Å². The number of benzene rings is 1. The summed E-state index contributed by atoms with van der Waals surface area (Å²) in [4.78, 5) is 0. The molecule has 9 heteroatoms. The van der Waals surface area contributed by atoms with Gasteiger partial charge in [-0.1, -0.05) is 15.9 Å². The number of rotatable bonds is 2. The lowest BCUT2D eigenvalue weighted by Crippen LogP contribution is -2.27. The summed E-state index contributed by atoms with van der Waals surface area (Å²) in [6, 6.07) is 3.84. The van der Waals surface area contributed by atoms with Gasteiger partial charge in [0.1, 0.15) is 0 Å². The molecule has 0 aliphatic carbocycles. The van der Waals surface area contributed by atoms with E-state index in [-0.39, 0.29) is 18.0 Å². The summed E-state index contributed by atoms with van der Waals surface area (Å²) in [5.41, 5.74) is -0.0991. The molecule has 2 rings (SSSR count). The Kier molecular flexibility index (Phi) is 3.69. The van der Waals surface area contributed by atoms with E-state index in [1.54, 1.807) is 0 Å². The van der Waals surface area contributed by atoms with Crippen molar-refractivity contribution in [1.82, 2.24) is 0 Å². The lowest BCUT2D eigenvalue weighted by molar-refractivity contribution is -0.274. The first kappa shape index (κ1) is 14.4. The van der Waals surface area contributed by atoms with Crippen LogP contribution < -0.4 is 9.04 Å². The molecule has 19 heavy (non-hydrogen) atoms. The molecular weight excluding hydrogens is 351 g/mol. The zero-order valence-corrected chi connectivity index (χ0v) is 11.8. The SMILES string of the molecule is O=S1(=O)CCCN1c1ccc(Br)cc1OC(F)(F)F. The number of ether oxygens (including phenoxy) is 1. The van der Waals surface area contributed by atoms with Crippen LogP contribution in [-0.2, 0) is 10.0 Å². The average Bonchev–Trinajstić information content (AvgIpc) is 2.56. The summed E-state index contributed by atoms with van der Waals surface area (Å²) >= 11 is 3.03. The van der Waals surface area contributed by atoms with Crippen LogP contribution in [-0.4, -0.2) is 27.1 Å². The molecule has 106 valence electrons. The van der Waals surface area contributed by atoms with Gasteiger partial charge < -0.3 is 4.74 Å². The van der Waals surface area contributed by atoms with Crippen LogP contribution in [0, 0.1) is 0 Å². The van der Waals surface area contributed by atoms with Gasteiger partial charge in [0.05, 0.1) is 11.4 Å². The zero-order valence-electron chi connectivity index (χ0n) is 9.45. The summed E-state index contributed by atoms with van der Waals surface area (Å²) in [5, 5.41) is 0. The Morgan fingerprint density at radius 3 is 2.53 bits per heavy atom. The summed E-state index contributed by atoms with van der Waals surface area (Å²) in [7, 11) is -3.56. The van der Waals surface area contributed by atoms with Crippen LogP contribution in [0.4, 0.5) is 18.9 Å². The van der Waals surface area contributed by atoms with Crippen molar-refractivity contribution >= 4 is 31.6 Å². The molecule has 0 unspecified atom stereocenters.